The highest BCUT2D eigenvalue weighted by Crippen LogP contribution is 2.10. The molecule has 1 aromatic rings. The van der Waals surface area contributed by atoms with Crippen LogP contribution < -0.4 is 10.9 Å². The number of nitrogens with one attached hydrogen (secondary N) is 1. The van der Waals surface area contributed by atoms with Crippen LogP contribution in [0.2, 0.25) is 0 Å². The van der Waals surface area contributed by atoms with Gasteiger partial charge in [0, 0.05) is 13.2 Å². The van der Waals surface area contributed by atoms with E-state index in [-0.39, 0.29) is 12.6 Å². The molecule has 0 aliphatic carbocycles. The maximum Gasteiger partial charge on any atom is 0.341 e. The van der Waals surface area contributed by atoms with E-state index in [9.17, 15) is 14.4 Å². The van der Waals surface area contributed by atoms with Crippen molar-refractivity contribution in [3.8, 4) is 0 Å². The quantitative estimate of drug-likeness (QED) is 0.761. The SMILES string of the molecule is Cc1cc(C(=O)O)c(=O)n(CC(=O)NCC2CCCO2)n1. The van der Waals surface area contributed by atoms with Crippen LogP contribution in [0.5, 0.6) is 0 Å². The molecular weight excluding hydrogens is 278 g/mol. The maximum atomic E-state index is 11.9. The van der Waals surface area contributed by atoms with E-state index in [1.165, 1.54) is 6.07 Å². The van der Waals surface area contributed by atoms with E-state index in [0.29, 0.717) is 18.8 Å². The van der Waals surface area contributed by atoms with Gasteiger partial charge in [-0.25, -0.2) is 9.48 Å². The lowest BCUT2D eigenvalue weighted by Gasteiger charge is -2.11. The second-order valence-corrected chi connectivity index (χ2v) is 4.91. The second kappa shape index (κ2) is 6.49. The van der Waals surface area contributed by atoms with E-state index in [1.54, 1.807) is 6.92 Å². The van der Waals surface area contributed by atoms with Gasteiger partial charge in [-0.2, -0.15) is 5.10 Å². The Bertz CT molecular complexity index is 604. The zero-order valence-corrected chi connectivity index (χ0v) is 11.7. The molecule has 0 spiro atoms. The number of nitrogens with zero attached hydrogens (tertiary/aromatic N) is 2. The van der Waals surface area contributed by atoms with Crippen molar-refractivity contribution < 1.29 is 19.4 Å². The largest absolute Gasteiger partial charge is 0.477 e. The number of aromatic nitrogens is 2. The molecule has 1 aliphatic heterocycles. The molecule has 0 saturated carbocycles. The van der Waals surface area contributed by atoms with Gasteiger partial charge >= 0.3 is 5.97 Å². The van der Waals surface area contributed by atoms with E-state index < -0.39 is 23.0 Å². The van der Waals surface area contributed by atoms with Crippen molar-refractivity contribution in [3.63, 3.8) is 0 Å². The van der Waals surface area contributed by atoms with Crippen molar-refractivity contribution in [2.75, 3.05) is 13.2 Å². The maximum absolute atomic E-state index is 11.9. The van der Waals surface area contributed by atoms with Crippen LogP contribution in [0.1, 0.15) is 28.9 Å². The lowest BCUT2D eigenvalue weighted by molar-refractivity contribution is -0.122. The molecule has 21 heavy (non-hydrogen) atoms. The molecule has 2 rings (SSSR count). The molecule has 0 radical (unpaired) electrons. The number of carboxylic acid groups (broad SMARTS) is 1. The van der Waals surface area contributed by atoms with Gasteiger partial charge in [0.2, 0.25) is 5.91 Å². The van der Waals surface area contributed by atoms with Crippen LogP contribution >= 0.6 is 0 Å². The Morgan fingerprint density at radius 1 is 1.57 bits per heavy atom. The van der Waals surface area contributed by atoms with E-state index >= 15 is 0 Å². The van der Waals surface area contributed by atoms with Crippen LogP contribution in [0.25, 0.3) is 0 Å². The van der Waals surface area contributed by atoms with Gasteiger partial charge < -0.3 is 15.2 Å². The zero-order valence-electron chi connectivity index (χ0n) is 11.7. The van der Waals surface area contributed by atoms with Crippen LogP contribution in [-0.2, 0) is 16.1 Å². The zero-order chi connectivity index (χ0) is 15.4. The Morgan fingerprint density at radius 3 is 2.95 bits per heavy atom. The van der Waals surface area contributed by atoms with E-state index in [0.717, 1.165) is 17.5 Å². The minimum Gasteiger partial charge on any atom is -0.477 e. The van der Waals surface area contributed by atoms with E-state index in [2.05, 4.69) is 10.4 Å². The fraction of sp³-hybridized carbons (Fsp3) is 0.538. The van der Waals surface area contributed by atoms with Gasteiger partial charge in [-0.3, -0.25) is 9.59 Å². The molecule has 1 fully saturated rings. The molecule has 0 bridgehead atoms. The summed E-state index contributed by atoms with van der Waals surface area (Å²) in [4.78, 5) is 34.6. The third-order valence-corrected chi connectivity index (χ3v) is 3.17. The predicted molar refractivity (Wildman–Crippen MR) is 72.2 cm³/mol. The third-order valence-electron chi connectivity index (χ3n) is 3.17. The van der Waals surface area contributed by atoms with E-state index in [1.807, 2.05) is 0 Å². The average Bonchev–Trinajstić information content (AvgIpc) is 2.93. The highest BCUT2D eigenvalue weighted by atomic mass is 16.5. The molecule has 1 aromatic heterocycles. The Morgan fingerprint density at radius 2 is 2.33 bits per heavy atom. The average molecular weight is 295 g/mol. The number of ether oxygens (including phenoxy) is 1. The molecule has 1 amide bonds. The first-order chi connectivity index (χ1) is 9.97. The van der Waals surface area contributed by atoms with Crippen molar-refractivity contribution in [1.29, 1.82) is 0 Å². The smallest absolute Gasteiger partial charge is 0.341 e. The van der Waals surface area contributed by atoms with Gasteiger partial charge in [-0.05, 0) is 25.8 Å². The van der Waals surface area contributed by atoms with Crippen molar-refractivity contribution in [1.82, 2.24) is 15.1 Å². The van der Waals surface area contributed by atoms with Gasteiger partial charge in [-0.15, -0.1) is 0 Å². The van der Waals surface area contributed by atoms with Crippen molar-refractivity contribution in [2.45, 2.75) is 32.4 Å². The Kier molecular flexibility index (Phi) is 4.69. The van der Waals surface area contributed by atoms with Crippen molar-refractivity contribution >= 4 is 11.9 Å². The lowest BCUT2D eigenvalue weighted by atomic mass is 10.2. The fourth-order valence-electron chi connectivity index (χ4n) is 2.16. The van der Waals surface area contributed by atoms with Gasteiger partial charge in [0.25, 0.3) is 5.56 Å². The number of hydrogen-bond acceptors (Lipinski definition) is 5. The standard InChI is InChI=1S/C13H17N3O5/c1-8-5-10(13(19)20)12(18)16(15-8)7-11(17)14-6-9-3-2-4-21-9/h5,9H,2-4,6-7H2,1H3,(H,14,17)(H,19,20). The molecule has 8 heteroatoms. The first-order valence-corrected chi connectivity index (χ1v) is 6.67. The summed E-state index contributed by atoms with van der Waals surface area (Å²) in [6.45, 7) is 2.33. The summed E-state index contributed by atoms with van der Waals surface area (Å²) in [5.74, 6) is -1.74. The van der Waals surface area contributed by atoms with Gasteiger partial charge in [0.05, 0.1) is 11.8 Å². The van der Waals surface area contributed by atoms with E-state index in [4.69, 9.17) is 9.84 Å². The molecule has 2 heterocycles. The first kappa shape index (κ1) is 15.2. The van der Waals surface area contributed by atoms with Crippen LogP contribution in [-0.4, -0.2) is 46.0 Å². The summed E-state index contributed by atoms with van der Waals surface area (Å²) >= 11 is 0. The molecule has 1 atom stereocenters. The van der Waals surface area contributed by atoms with Gasteiger partial charge in [0.15, 0.2) is 0 Å². The summed E-state index contributed by atoms with van der Waals surface area (Å²) in [6, 6.07) is 1.19. The number of rotatable bonds is 5. The monoisotopic (exact) mass is 295 g/mol. The minimum atomic E-state index is -1.33. The Hall–Kier alpha value is -2.22. The third kappa shape index (κ3) is 3.88. The molecule has 8 nitrogen and oxygen atoms in total. The van der Waals surface area contributed by atoms with Crippen LogP contribution in [0.15, 0.2) is 10.9 Å². The highest BCUT2D eigenvalue weighted by Gasteiger charge is 2.18. The molecule has 1 aliphatic rings. The predicted octanol–water partition coefficient (Wildman–Crippen LogP) is -0.455. The normalized spacial score (nSPS) is 17.7. The van der Waals surface area contributed by atoms with Gasteiger partial charge in [0.1, 0.15) is 12.1 Å². The summed E-state index contributed by atoms with van der Waals surface area (Å²) in [5.41, 5.74) is -0.825. The molecule has 2 N–H and O–H groups in total. The Labute approximate surface area is 120 Å². The van der Waals surface area contributed by atoms with Gasteiger partial charge in [-0.1, -0.05) is 0 Å². The summed E-state index contributed by atoms with van der Waals surface area (Å²) in [6.07, 6.45) is 1.87. The number of carbonyl (C=O) groups excluding carboxylic acids is 1. The number of hydrogen-bond donors (Lipinski definition) is 2. The number of amides is 1. The number of aromatic carboxylic acids is 1. The molecule has 0 aromatic carbocycles. The summed E-state index contributed by atoms with van der Waals surface area (Å²) in [5, 5.41) is 15.5. The van der Waals surface area contributed by atoms with Crippen molar-refractivity contribution in [2.24, 2.45) is 0 Å². The number of carboxylic acids is 1. The number of aryl methyl sites for hydroxylation is 1. The van der Waals surface area contributed by atoms with Crippen LogP contribution in [0, 0.1) is 6.92 Å². The topological polar surface area (TPSA) is 111 Å². The molecule has 114 valence electrons. The van der Waals surface area contributed by atoms with Crippen LogP contribution in [0.4, 0.5) is 0 Å². The molecule has 1 saturated heterocycles. The Balaban J connectivity index is 2.03. The number of carbonyl (C=O) groups is 2. The molecular formula is C13H17N3O5. The minimum absolute atomic E-state index is 0.00530. The first-order valence-electron chi connectivity index (χ1n) is 6.67. The summed E-state index contributed by atoms with van der Waals surface area (Å²) in [7, 11) is 0. The van der Waals surface area contributed by atoms with Crippen molar-refractivity contribution in [3.05, 3.63) is 27.7 Å². The van der Waals surface area contributed by atoms with Crippen LogP contribution in [0.3, 0.4) is 0 Å². The highest BCUT2D eigenvalue weighted by molar-refractivity contribution is 5.87. The lowest BCUT2D eigenvalue weighted by Crippen LogP contribution is -2.38. The second-order valence-electron chi connectivity index (χ2n) is 4.91. The summed E-state index contributed by atoms with van der Waals surface area (Å²) < 4.78 is 6.24. The molecule has 1 unspecified atom stereocenters. The fourth-order valence-corrected chi connectivity index (χ4v) is 2.16.